The molecule has 6 nitrogen and oxygen atoms in total. The van der Waals surface area contributed by atoms with Crippen molar-refractivity contribution in [2.24, 2.45) is 5.73 Å². The normalized spacial score (nSPS) is 17.9. The number of carbonyl (C=O) groups excluding carboxylic acids is 1. The van der Waals surface area contributed by atoms with Crippen LogP contribution in [-0.2, 0) is 4.79 Å². The highest BCUT2D eigenvalue weighted by molar-refractivity contribution is 6.35. The van der Waals surface area contributed by atoms with E-state index in [2.05, 4.69) is 23.3 Å². The highest BCUT2D eigenvalue weighted by Crippen LogP contribution is 2.34. The number of carbonyl (C=O) groups is 1. The van der Waals surface area contributed by atoms with Gasteiger partial charge in [-0.3, -0.25) is 9.48 Å². The second-order valence-electron chi connectivity index (χ2n) is 9.25. The maximum absolute atomic E-state index is 12.9. The molecule has 2 heterocycles. The average molecular weight is 506 g/mol. The average Bonchev–Trinajstić information content (AvgIpc) is 3.47. The van der Waals surface area contributed by atoms with Gasteiger partial charge in [0.25, 0.3) is 0 Å². The van der Waals surface area contributed by atoms with E-state index in [0.29, 0.717) is 41.7 Å². The fourth-order valence-electron chi connectivity index (χ4n) is 4.96. The highest BCUT2D eigenvalue weighted by atomic mass is 35.5. The molecule has 0 fully saturated rings. The summed E-state index contributed by atoms with van der Waals surface area (Å²) in [6, 6.07) is 13.4. The minimum atomic E-state index is -0.802. The first kappa shape index (κ1) is 23.6. The maximum atomic E-state index is 12.9. The number of hydrogen-bond acceptors (Lipinski definition) is 4. The van der Waals surface area contributed by atoms with Gasteiger partial charge in [-0.1, -0.05) is 53.6 Å². The third-order valence-electron chi connectivity index (χ3n) is 7.02. The van der Waals surface area contributed by atoms with Crippen LogP contribution in [0.4, 0.5) is 0 Å². The van der Waals surface area contributed by atoms with Crippen molar-refractivity contribution in [1.29, 1.82) is 5.26 Å². The predicted octanol–water partition coefficient (Wildman–Crippen LogP) is 5.49. The molecule has 2 aliphatic rings. The summed E-state index contributed by atoms with van der Waals surface area (Å²) >= 11 is 12.6. The van der Waals surface area contributed by atoms with Crippen molar-refractivity contribution in [3.8, 4) is 6.07 Å². The molecule has 0 radical (unpaired) electrons. The first-order chi connectivity index (χ1) is 16.8. The molecule has 1 aromatic heterocycles. The van der Waals surface area contributed by atoms with Gasteiger partial charge in [-0.15, -0.1) is 0 Å². The molecule has 1 aliphatic heterocycles. The van der Waals surface area contributed by atoms with Crippen LogP contribution >= 0.6 is 23.2 Å². The van der Waals surface area contributed by atoms with Gasteiger partial charge in [0.1, 0.15) is 11.6 Å². The zero-order valence-electron chi connectivity index (χ0n) is 19.3. The van der Waals surface area contributed by atoms with E-state index in [1.807, 2.05) is 46.9 Å². The molecule has 0 saturated heterocycles. The largest absolute Gasteiger partial charge is 0.337 e. The number of benzene rings is 2. The lowest BCUT2D eigenvalue weighted by Gasteiger charge is -2.33. The van der Waals surface area contributed by atoms with Crippen molar-refractivity contribution in [3.05, 3.63) is 81.5 Å². The molecule has 0 spiro atoms. The van der Waals surface area contributed by atoms with E-state index in [4.69, 9.17) is 28.9 Å². The van der Waals surface area contributed by atoms with Crippen LogP contribution in [0.3, 0.4) is 0 Å². The van der Waals surface area contributed by atoms with Gasteiger partial charge < -0.3 is 10.6 Å². The van der Waals surface area contributed by atoms with E-state index in [9.17, 15) is 10.1 Å². The van der Waals surface area contributed by atoms with Crippen LogP contribution in [0.15, 0.2) is 54.6 Å². The number of fused-ring (bicyclic) bond motifs is 1. The zero-order chi connectivity index (χ0) is 24.7. The van der Waals surface area contributed by atoms with Gasteiger partial charge in [0.2, 0.25) is 5.91 Å². The van der Waals surface area contributed by atoms with Crippen molar-refractivity contribution in [2.75, 3.05) is 13.1 Å². The van der Waals surface area contributed by atoms with Crippen LogP contribution in [0, 0.1) is 11.3 Å². The third-order valence-corrected chi connectivity index (χ3v) is 7.58. The van der Waals surface area contributed by atoms with E-state index in [0.717, 1.165) is 34.0 Å². The SMILES string of the molecule is CC(c1ccc(Cl)cc1Cl)n1nc(C#N)c2ccc(C3=CCN(C(=O)C4(N)CC=CC4)CC3)cc21. The number of nitrogens with zero attached hydrogens (tertiary/aromatic N) is 4. The predicted molar refractivity (Wildman–Crippen MR) is 139 cm³/mol. The zero-order valence-corrected chi connectivity index (χ0v) is 20.9. The molecule has 3 aromatic rings. The molecular weight excluding hydrogens is 481 g/mol. The van der Waals surface area contributed by atoms with E-state index in [-0.39, 0.29) is 11.9 Å². The Morgan fingerprint density at radius 1 is 1.20 bits per heavy atom. The molecular formula is C27H25Cl2N5O. The summed E-state index contributed by atoms with van der Waals surface area (Å²) in [5, 5.41) is 16.2. The number of nitrogens with two attached hydrogens (primary N) is 1. The van der Waals surface area contributed by atoms with Gasteiger partial charge in [-0.25, -0.2) is 0 Å². The topological polar surface area (TPSA) is 87.9 Å². The Morgan fingerprint density at radius 3 is 2.63 bits per heavy atom. The number of nitriles is 1. The quantitative estimate of drug-likeness (QED) is 0.475. The van der Waals surface area contributed by atoms with E-state index < -0.39 is 5.54 Å². The molecule has 1 unspecified atom stereocenters. The highest BCUT2D eigenvalue weighted by Gasteiger charge is 2.38. The molecule has 5 rings (SSSR count). The second kappa shape index (κ2) is 9.16. The Hall–Kier alpha value is -3.11. The fraction of sp³-hybridized carbons (Fsp3) is 0.296. The summed E-state index contributed by atoms with van der Waals surface area (Å²) in [5.74, 6) is 0.0126. The summed E-state index contributed by atoms with van der Waals surface area (Å²) in [7, 11) is 0. The van der Waals surface area contributed by atoms with E-state index >= 15 is 0 Å². The van der Waals surface area contributed by atoms with Gasteiger partial charge in [0, 0.05) is 28.5 Å². The summed E-state index contributed by atoms with van der Waals surface area (Å²) in [5.41, 5.74) is 9.85. The Morgan fingerprint density at radius 2 is 1.97 bits per heavy atom. The van der Waals surface area contributed by atoms with Crippen LogP contribution in [0.5, 0.6) is 0 Å². The molecule has 2 N–H and O–H groups in total. The lowest BCUT2D eigenvalue weighted by molar-refractivity contribution is -0.136. The van der Waals surface area contributed by atoms with Crippen molar-refractivity contribution in [3.63, 3.8) is 0 Å². The first-order valence-corrected chi connectivity index (χ1v) is 12.4. The molecule has 0 bridgehead atoms. The first-order valence-electron chi connectivity index (χ1n) is 11.6. The molecule has 1 amide bonds. The van der Waals surface area contributed by atoms with Gasteiger partial charge in [0.15, 0.2) is 5.69 Å². The van der Waals surface area contributed by atoms with Gasteiger partial charge in [0.05, 0.1) is 11.6 Å². The Labute approximate surface area is 214 Å². The van der Waals surface area contributed by atoms with Gasteiger partial charge in [-0.2, -0.15) is 10.4 Å². The van der Waals surface area contributed by atoms with Crippen LogP contribution < -0.4 is 5.73 Å². The smallest absolute Gasteiger partial charge is 0.243 e. The number of halogens is 2. The fourth-order valence-corrected chi connectivity index (χ4v) is 5.53. The third kappa shape index (κ3) is 4.25. The van der Waals surface area contributed by atoms with Crippen molar-refractivity contribution in [1.82, 2.24) is 14.7 Å². The van der Waals surface area contributed by atoms with Crippen molar-refractivity contribution < 1.29 is 4.79 Å². The molecule has 1 atom stereocenters. The number of amides is 1. The summed E-state index contributed by atoms with van der Waals surface area (Å²) < 4.78 is 1.84. The molecule has 178 valence electrons. The summed E-state index contributed by atoms with van der Waals surface area (Å²) in [6.45, 7) is 3.16. The molecule has 0 saturated carbocycles. The molecule has 35 heavy (non-hydrogen) atoms. The van der Waals surface area contributed by atoms with Crippen molar-refractivity contribution >= 4 is 45.6 Å². The summed E-state index contributed by atoms with van der Waals surface area (Å²) in [6.07, 6.45) is 7.98. The van der Waals surface area contributed by atoms with Crippen molar-refractivity contribution in [2.45, 2.75) is 37.8 Å². The molecule has 8 heteroatoms. The second-order valence-corrected chi connectivity index (χ2v) is 10.1. The summed E-state index contributed by atoms with van der Waals surface area (Å²) in [4.78, 5) is 14.8. The lowest BCUT2D eigenvalue weighted by atomic mass is 9.93. The van der Waals surface area contributed by atoms with E-state index in [1.165, 1.54) is 0 Å². The van der Waals surface area contributed by atoms with Crippen LogP contribution in [0.1, 0.15) is 49.0 Å². The van der Waals surface area contributed by atoms with Crippen LogP contribution in [0.2, 0.25) is 10.0 Å². The number of hydrogen-bond donors (Lipinski definition) is 1. The Bertz CT molecular complexity index is 1420. The van der Waals surface area contributed by atoms with Crippen LogP contribution in [-0.4, -0.2) is 39.2 Å². The number of rotatable bonds is 4. The monoisotopic (exact) mass is 505 g/mol. The number of aromatic nitrogens is 2. The minimum absolute atomic E-state index is 0.0126. The Kier molecular flexibility index (Phi) is 6.18. The maximum Gasteiger partial charge on any atom is 0.243 e. The molecule has 1 aliphatic carbocycles. The Balaban J connectivity index is 1.46. The van der Waals surface area contributed by atoms with Gasteiger partial charge >= 0.3 is 0 Å². The van der Waals surface area contributed by atoms with Crippen LogP contribution in [0.25, 0.3) is 16.5 Å². The lowest BCUT2D eigenvalue weighted by Crippen LogP contribution is -2.54. The standard InChI is InChI=1S/C27H25Cl2N5O/c1-17(21-7-5-20(28)15-23(21)29)34-25-14-19(4-6-22(25)24(16-30)32-34)18-8-12-33(13-9-18)26(35)27(31)10-2-3-11-27/h2-8,14-15,17H,9-13,31H2,1H3. The van der Waals surface area contributed by atoms with Gasteiger partial charge in [-0.05, 0) is 67.2 Å². The minimum Gasteiger partial charge on any atom is -0.337 e. The molecule has 2 aromatic carbocycles. The van der Waals surface area contributed by atoms with E-state index in [1.54, 1.807) is 12.1 Å².